The first kappa shape index (κ1) is 28.1. The molecule has 2 heteroatoms. The molecule has 0 aromatic heterocycles. The lowest BCUT2D eigenvalue weighted by Gasteiger charge is -2.36. The smallest absolute Gasteiger partial charge is 0.121 e. The first-order chi connectivity index (χ1) is 20.0. The van der Waals surface area contributed by atoms with Crippen LogP contribution < -0.4 is 0 Å². The maximum absolute atomic E-state index is 5.46. The van der Waals surface area contributed by atoms with E-state index in [2.05, 4.69) is 51.2 Å². The topological polar surface area (TPSA) is 0 Å². The average Bonchev–Trinajstić information content (AvgIpc) is 3.40. The Morgan fingerprint density at radius 1 is 0.610 bits per heavy atom. The molecule has 0 saturated heterocycles. The highest BCUT2D eigenvalue weighted by Gasteiger charge is 2.67. The second-order valence-corrected chi connectivity index (χ2v) is 15.2. The third kappa shape index (κ3) is 4.93. The van der Waals surface area contributed by atoms with E-state index >= 15 is 0 Å². The van der Waals surface area contributed by atoms with E-state index in [4.69, 9.17) is 12.6 Å². The van der Waals surface area contributed by atoms with E-state index in [0.29, 0.717) is 10.7 Å². The van der Waals surface area contributed by atoms with Gasteiger partial charge in [0.2, 0.25) is 0 Å². The van der Waals surface area contributed by atoms with E-state index in [1.807, 2.05) is 16.7 Å². The van der Waals surface area contributed by atoms with E-state index in [1.165, 1.54) is 122 Å². The van der Waals surface area contributed by atoms with Gasteiger partial charge in [-0.3, -0.25) is 0 Å². The van der Waals surface area contributed by atoms with Gasteiger partial charge in [0, 0.05) is 5.25 Å². The normalized spacial score (nSPS) is 45.6. The molecule has 2 fully saturated rings. The monoisotopic (exact) mass is 562 g/mol. The van der Waals surface area contributed by atoms with Gasteiger partial charge in [0.05, 0.1) is 0 Å². The molecular weight excluding hydrogens is 511 g/mol. The van der Waals surface area contributed by atoms with Crippen LogP contribution in [-0.2, 0) is 0 Å². The summed E-state index contributed by atoms with van der Waals surface area (Å²) in [5.74, 6) is 0. The largest absolute Gasteiger partial charge is 0.167 e. The van der Waals surface area contributed by atoms with Gasteiger partial charge >= 0.3 is 0 Å². The van der Waals surface area contributed by atoms with Crippen molar-refractivity contribution in [1.29, 1.82) is 0 Å². The molecule has 0 radical (unpaired) electrons. The van der Waals surface area contributed by atoms with Crippen LogP contribution in [0, 0.1) is 5.41 Å². The minimum absolute atomic E-state index is 0.193. The number of thiol groups is 1. The first-order valence-electron chi connectivity index (χ1n) is 17.3. The van der Waals surface area contributed by atoms with Gasteiger partial charge in [-0.25, -0.2) is 0 Å². The molecule has 216 valence electrons. The molecule has 0 N–H and O–H groups in total. The average molecular weight is 563 g/mol. The molecule has 0 spiro atoms. The van der Waals surface area contributed by atoms with Crippen molar-refractivity contribution in [2.75, 3.05) is 0 Å². The van der Waals surface area contributed by atoms with Crippen LogP contribution in [0.3, 0.4) is 0 Å². The quantitative estimate of drug-likeness (QED) is 0.169. The molecule has 7 rings (SSSR count). The van der Waals surface area contributed by atoms with Crippen molar-refractivity contribution in [2.45, 2.75) is 139 Å². The van der Waals surface area contributed by atoms with Crippen molar-refractivity contribution in [3.05, 3.63) is 92.2 Å². The Bertz CT molecular complexity index is 1360. The van der Waals surface area contributed by atoms with Gasteiger partial charge in [0.15, 0.2) is 0 Å². The molecule has 2 saturated carbocycles. The summed E-state index contributed by atoms with van der Waals surface area (Å²) in [5, 5.41) is 0.565. The molecule has 41 heavy (non-hydrogen) atoms. The van der Waals surface area contributed by atoms with E-state index in [9.17, 15) is 0 Å². The van der Waals surface area contributed by atoms with Crippen LogP contribution in [0.1, 0.15) is 129 Å². The van der Waals surface area contributed by atoms with Crippen molar-refractivity contribution >= 4 is 20.5 Å². The summed E-state index contributed by atoms with van der Waals surface area (Å²) in [4.78, 5) is 0. The second kappa shape index (κ2) is 11.4. The minimum atomic E-state index is 0.193. The number of allylic oxidation sites excluding steroid dienone is 14. The minimum Gasteiger partial charge on any atom is -0.167 e. The van der Waals surface area contributed by atoms with Gasteiger partial charge in [0.25, 0.3) is 0 Å². The number of hydrogen-bond acceptors (Lipinski definition) is 1. The molecule has 0 aliphatic heterocycles. The van der Waals surface area contributed by atoms with Crippen LogP contribution >= 0.6 is 12.6 Å². The molecule has 0 heterocycles. The second-order valence-electron chi connectivity index (χ2n) is 14.7. The fraction of sp³-hybridized carbons (Fsp3) is 0.590. The van der Waals surface area contributed by atoms with Crippen LogP contribution in [0.2, 0.25) is 5.31 Å². The van der Waals surface area contributed by atoms with Crippen LogP contribution in [0.15, 0.2) is 92.2 Å². The molecule has 0 amide bonds. The molecule has 0 aromatic rings. The van der Waals surface area contributed by atoms with Crippen molar-refractivity contribution < 1.29 is 0 Å². The van der Waals surface area contributed by atoms with E-state index in [-0.39, 0.29) is 5.31 Å². The summed E-state index contributed by atoms with van der Waals surface area (Å²) < 4.78 is 0. The molecular formula is C39H51BS. The highest BCUT2D eigenvalue weighted by atomic mass is 32.1. The molecule has 3 unspecified atom stereocenters. The van der Waals surface area contributed by atoms with Gasteiger partial charge < -0.3 is 0 Å². The van der Waals surface area contributed by atoms with Crippen LogP contribution in [0.25, 0.3) is 0 Å². The summed E-state index contributed by atoms with van der Waals surface area (Å²) in [5.41, 5.74) is 17.9. The van der Waals surface area contributed by atoms with Crippen molar-refractivity contribution in [2.24, 2.45) is 5.41 Å². The van der Waals surface area contributed by atoms with Crippen molar-refractivity contribution in [1.82, 2.24) is 0 Å². The Hall–Kier alpha value is -1.67. The lowest BCUT2D eigenvalue weighted by Crippen LogP contribution is -2.22. The first-order valence-corrected chi connectivity index (χ1v) is 17.8. The van der Waals surface area contributed by atoms with E-state index in [0.717, 1.165) is 0 Å². The van der Waals surface area contributed by atoms with Crippen molar-refractivity contribution in [3.63, 3.8) is 0 Å². The highest BCUT2D eigenvalue weighted by molar-refractivity contribution is 7.81. The molecule has 0 nitrogen and oxygen atoms in total. The zero-order valence-electron chi connectivity index (χ0n) is 25.9. The predicted octanol–water partition coefficient (Wildman–Crippen LogP) is 10.7. The summed E-state index contributed by atoms with van der Waals surface area (Å²) in [7, 11) is 2.63. The number of fused-ring (bicyclic) bond motifs is 2. The predicted molar refractivity (Wildman–Crippen MR) is 182 cm³/mol. The Labute approximate surface area is 256 Å². The molecule has 0 aromatic carbocycles. The molecule has 3 atom stereocenters. The van der Waals surface area contributed by atoms with Gasteiger partial charge in [-0.15, -0.1) is 0 Å². The lowest BCUT2D eigenvalue weighted by atomic mass is 9.67. The van der Waals surface area contributed by atoms with Crippen LogP contribution in [0.5, 0.6) is 0 Å². The summed E-state index contributed by atoms with van der Waals surface area (Å²) >= 11 is 5.46. The zero-order chi connectivity index (χ0) is 28.0. The maximum atomic E-state index is 5.46. The summed E-state index contributed by atoms with van der Waals surface area (Å²) in [6, 6.07) is 0. The zero-order valence-corrected chi connectivity index (χ0v) is 26.8. The molecule has 7 aliphatic rings. The fourth-order valence-corrected chi connectivity index (χ4v) is 10.8. The lowest BCUT2D eigenvalue weighted by molar-refractivity contribution is 0.458. The van der Waals surface area contributed by atoms with Gasteiger partial charge in [-0.2, -0.15) is 12.6 Å². The van der Waals surface area contributed by atoms with Crippen molar-refractivity contribution in [3.8, 4) is 0 Å². The van der Waals surface area contributed by atoms with Gasteiger partial charge in [-0.05, 0) is 131 Å². The van der Waals surface area contributed by atoms with Crippen LogP contribution in [-0.4, -0.2) is 13.1 Å². The SMILES string of the molecule is BC12/C3=C(\CCCCCC31C)CCC/C1=C3/C/C4=C(\CCC1)CCC/C(=C(\C4)C3S)CCCC1=C2/C=C\C=C/C=C\1. The number of rotatable bonds is 0. The Morgan fingerprint density at radius 2 is 1.17 bits per heavy atom. The molecule has 7 aliphatic carbocycles. The fourth-order valence-electron chi connectivity index (χ4n) is 10.2. The molecule has 3 bridgehead atoms. The summed E-state index contributed by atoms with van der Waals surface area (Å²) in [6.07, 6.45) is 39.0. The summed E-state index contributed by atoms with van der Waals surface area (Å²) in [6.45, 7) is 2.64. The Morgan fingerprint density at radius 3 is 1.85 bits per heavy atom. The van der Waals surface area contributed by atoms with Gasteiger partial charge in [0.1, 0.15) is 7.85 Å². The third-order valence-electron chi connectivity index (χ3n) is 12.6. The maximum Gasteiger partial charge on any atom is 0.121 e. The van der Waals surface area contributed by atoms with E-state index < -0.39 is 0 Å². The third-order valence-corrected chi connectivity index (χ3v) is 13.2. The van der Waals surface area contributed by atoms with Crippen LogP contribution in [0.4, 0.5) is 0 Å². The Kier molecular flexibility index (Phi) is 7.85. The number of hydrogen-bond donors (Lipinski definition) is 1. The van der Waals surface area contributed by atoms with Gasteiger partial charge in [-0.1, -0.05) is 101 Å². The standard InChI is InChI=1S/C39H51BS/c1-38-24-8-4-6-14-31-22-12-20-29-18-10-16-27-15-9-17-28(33-25-32(27)26-34(29)36(33)41)19-11-21-30-13-5-2-3-7-23-35(30)39(38,40)37(31)38/h2-3,5,7,13,23,36,41H,4,6,8-12,14-22,24-26,40H2,1H3/b3-2-,5-2?,7-3?,13-5-,23-7-,30-13?,32-27-,33-28-,34-29-,35-23?,35-30-,37-31+. The van der Waals surface area contributed by atoms with E-state index in [1.54, 1.807) is 39.0 Å². The Balaban J connectivity index is 1.35. The highest BCUT2D eigenvalue weighted by Crippen LogP contribution is 2.81.